The van der Waals surface area contributed by atoms with Gasteiger partial charge in [0.15, 0.2) is 11.5 Å². The highest BCUT2D eigenvalue weighted by Crippen LogP contribution is 2.21. The summed E-state index contributed by atoms with van der Waals surface area (Å²) in [7, 11) is 1.80. The van der Waals surface area contributed by atoms with Crippen LogP contribution < -0.4 is 10.6 Å². The summed E-state index contributed by atoms with van der Waals surface area (Å²) in [6.45, 7) is 2.92. The predicted octanol–water partition coefficient (Wildman–Crippen LogP) is 2.63. The van der Waals surface area contributed by atoms with Crippen LogP contribution in [0.1, 0.15) is 16.7 Å². The normalized spacial score (nSPS) is 10.9. The fourth-order valence-electron chi connectivity index (χ4n) is 1.95. The standard InChI is InChI=1S/C13H16N6S/c1-3-8-4-5-9(20-8)6-15-11-10-12(17-7-16-10)19-13(14-2)18-11/h4-5,7H,3,6H2,1-2H3,(H3,14,15,16,17,18,19). The van der Waals surface area contributed by atoms with E-state index in [1.165, 1.54) is 9.75 Å². The Kier molecular flexibility index (Phi) is 3.51. The van der Waals surface area contributed by atoms with Crippen LogP contribution in [-0.4, -0.2) is 27.0 Å². The molecule has 3 rings (SSSR count). The number of rotatable bonds is 5. The van der Waals surface area contributed by atoms with Gasteiger partial charge in [0.2, 0.25) is 5.95 Å². The lowest BCUT2D eigenvalue weighted by Crippen LogP contribution is -2.04. The SMILES string of the molecule is CCc1ccc(CNc2nc(NC)nc3nc[nH]c23)s1. The van der Waals surface area contributed by atoms with Crippen molar-refractivity contribution >= 4 is 34.3 Å². The van der Waals surface area contributed by atoms with E-state index >= 15 is 0 Å². The molecule has 6 nitrogen and oxygen atoms in total. The van der Waals surface area contributed by atoms with Crippen molar-refractivity contribution in [2.75, 3.05) is 17.7 Å². The molecule has 0 unspecified atom stereocenters. The smallest absolute Gasteiger partial charge is 0.226 e. The van der Waals surface area contributed by atoms with Crippen LogP contribution >= 0.6 is 11.3 Å². The van der Waals surface area contributed by atoms with Crippen LogP contribution in [0, 0.1) is 0 Å². The zero-order valence-electron chi connectivity index (χ0n) is 11.4. The van der Waals surface area contributed by atoms with Crippen LogP contribution in [0.4, 0.5) is 11.8 Å². The fourth-order valence-corrected chi connectivity index (χ4v) is 2.85. The second kappa shape index (κ2) is 5.46. The Morgan fingerprint density at radius 3 is 2.85 bits per heavy atom. The van der Waals surface area contributed by atoms with Crippen LogP contribution in [0.2, 0.25) is 0 Å². The monoisotopic (exact) mass is 288 g/mol. The highest BCUT2D eigenvalue weighted by molar-refractivity contribution is 7.12. The van der Waals surface area contributed by atoms with Crippen molar-refractivity contribution in [3.63, 3.8) is 0 Å². The van der Waals surface area contributed by atoms with Gasteiger partial charge in [0, 0.05) is 16.8 Å². The maximum atomic E-state index is 4.43. The molecule has 0 amide bonds. The summed E-state index contributed by atoms with van der Waals surface area (Å²) in [4.78, 5) is 18.7. The third-order valence-electron chi connectivity index (χ3n) is 3.01. The first-order valence-corrected chi connectivity index (χ1v) is 7.32. The van der Waals surface area contributed by atoms with Gasteiger partial charge in [-0.25, -0.2) is 4.98 Å². The van der Waals surface area contributed by atoms with Gasteiger partial charge in [-0.15, -0.1) is 11.3 Å². The molecule has 0 aliphatic rings. The van der Waals surface area contributed by atoms with E-state index in [-0.39, 0.29) is 0 Å². The van der Waals surface area contributed by atoms with Crippen molar-refractivity contribution < 1.29 is 0 Å². The van der Waals surface area contributed by atoms with E-state index in [0.717, 1.165) is 24.3 Å². The van der Waals surface area contributed by atoms with E-state index in [1.807, 2.05) is 11.3 Å². The summed E-state index contributed by atoms with van der Waals surface area (Å²) in [5.74, 6) is 1.33. The number of aromatic nitrogens is 4. The van der Waals surface area contributed by atoms with E-state index in [1.54, 1.807) is 13.4 Å². The number of hydrogen-bond donors (Lipinski definition) is 3. The van der Waals surface area contributed by atoms with Gasteiger partial charge in [0.1, 0.15) is 5.52 Å². The van der Waals surface area contributed by atoms with Crippen LogP contribution in [0.15, 0.2) is 18.5 Å². The summed E-state index contributed by atoms with van der Waals surface area (Å²) in [6.07, 6.45) is 2.71. The molecule has 0 saturated carbocycles. The zero-order chi connectivity index (χ0) is 13.9. The Morgan fingerprint density at radius 1 is 1.25 bits per heavy atom. The highest BCUT2D eigenvalue weighted by atomic mass is 32.1. The average molecular weight is 288 g/mol. The van der Waals surface area contributed by atoms with Crippen LogP contribution in [0.3, 0.4) is 0 Å². The molecule has 0 saturated heterocycles. The maximum absolute atomic E-state index is 4.43. The predicted molar refractivity (Wildman–Crippen MR) is 82.3 cm³/mol. The molecule has 104 valence electrons. The number of aromatic amines is 1. The third-order valence-corrected chi connectivity index (χ3v) is 4.23. The molecule has 3 N–H and O–H groups in total. The van der Waals surface area contributed by atoms with Gasteiger partial charge in [0.05, 0.1) is 12.9 Å². The van der Waals surface area contributed by atoms with E-state index in [0.29, 0.717) is 11.6 Å². The minimum Gasteiger partial charge on any atom is -0.363 e. The zero-order valence-corrected chi connectivity index (χ0v) is 12.2. The molecular formula is C13H16N6S. The third kappa shape index (κ3) is 2.44. The minimum absolute atomic E-state index is 0.563. The second-order valence-electron chi connectivity index (χ2n) is 4.32. The average Bonchev–Trinajstić information content (AvgIpc) is 3.12. The number of hydrogen-bond acceptors (Lipinski definition) is 6. The van der Waals surface area contributed by atoms with Crippen LogP contribution in [-0.2, 0) is 13.0 Å². The van der Waals surface area contributed by atoms with Crippen LogP contribution in [0.25, 0.3) is 11.2 Å². The number of thiophene rings is 1. The van der Waals surface area contributed by atoms with Crippen LogP contribution in [0.5, 0.6) is 0 Å². The van der Waals surface area contributed by atoms with Crippen molar-refractivity contribution in [2.24, 2.45) is 0 Å². The Labute approximate surface area is 120 Å². The molecular weight excluding hydrogens is 272 g/mol. The van der Waals surface area contributed by atoms with Gasteiger partial charge in [-0.3, -0.25) is 0 Å². The number of H-pyrrole nitrogens is 1. The highest BCUT2D eigenvalue weighted by Gasteiger charge is 2.09. The number of nitrogens with one attached hydrogen (secondary N) is 3. The summed E-state index contributed by atoms with van der Waals surface area (Å²) < 4.78 is 0. The molecule has 0 aliphatic carbocycles. The van der Waals surface area contributed by atoms with E-state index < -0.39 is 0 Å². The fraction of sp³-hybridized carbons (Fsp3) is 0.308. The molecule has 0 fully saturated rings. The first-order chi connectivity index (χ1) is 9.80. The lowest BCUT2D eigenvalue weighted by atomic mass is 10.3. The minimum atomic E-state index is 0.563. The first kappa shape index (κ1) is 12.9. The molecule has 20 heavy (non-hydrogen) atoms. The molecule has 0 aliphatic heterocycles. The van der Waals surface area contributed by atoms with Gasteiger partial charge < -0.3 is 15.6 Å². The molecule has 3 aromatic rings. The molecule has 0 aromatic carbocycles. The molecule has 0 spiro atoms. The molecule has 0 bridgehead atoms. The molecule has 3 aromatic heterocycles. The Bertz CT molecular complexity index is 717. The number of nitrogens with zero attached hydrogens (tertiary/aromatic N) is 3. The molecule has 3 heterocycles. The van der Waals surface area contributed by atoms with Gasteiger partial charge >= 0.3 is 0 Å². The quantitative estimate of drug-likeness (QED) is 0.672. The Hall–Kier alpha value is -2.15. The first-order valence-electron chi connectivity index (χ1n) is 6.50. The number of fused-ring (bicyclic) bond motifs is 1. The Balaban J connectivity index is 1.84. The number of imidazole rings is 1. The molecule has 7 heteroatoms. The van der Waals surface area contributed by atoms with E-state index in [9.17, 15) is 0 Å². The Morgan fingerprint density at radius 2 is 2.10 bits per heavy atom. The summed E-state index contributed by atoms with van der Waals surface area (Å²) in [5, 5.41) is 6.30. The topological polar surface area (TPSA) is 78.5 Å². The summed E-state index contributed by atoms with van der Waals surface area (Å²) in [5.41, 5.74) is 1.49. The van der Waals surface area contributed by atoms with Crippen molar-refractivity contribution in [1.29, 1.82) is 0 Å². The lowest BCUT2D eigenvalue weighted by Gasteiger charge is -2.06. The van der Waals surface area contributed by atoms with Gasteiger partial charge in [-0.05, 0) is 18.6 Å². The molecule has 0 radical (unpaired) electrons. The van der Waals surface area contributed by atoms with Gasteiger partial charge in [-0.2, -0.15) is 9.97 Å². The molecule has 0 atom stereocenters. The second-order valence-corrected chi connectivity index (χ2v) is 5.57. The van der Waals surface area contributed by atoms with Gasteiger partial charge in [0.25, 0.3) is 0 Å². The van der Waals surface area contributed by atoms with Crippen molar-refractivity contribution in [3.05, 3.63) is 28.2 Å². The van der Waals surface area contributed by atoms with E-state index in [2.05, 4.69) is 49.6 Å². The number of anilines is 2. The summed E-state index contributed by atoms with van der Waals surface area (Å²) in [6, 6.07) is 4.33. The van der Waals surface area contributed by atoms with Crippen molar-refractivity contribution in [1.82, 2.24) is 19.9 Å². The maximum Gasteiger partial charge on any atom is 0.226 e. The van der Waals surface area contributed by atoms with Crippen molar-refractivity contribution in [2.45, 2.75) is 19.9 Å². The van der Waals surface area contributed by atoms with Gasteiger partial charge in [-0.1, -0.05) is 6.92 Å². The largest absolute Gasteiger partial charge is 0.363 e. The lowest BCUT2D eigenvalue weighted by molar-refractivity contribution is 1.11. The number of aryl methyl sites for hydroxylation is 1. The summed E-state index contributed by atoms with van der Waals surface area (Å²) >= 11 is 1.82. The van der Waals surface area contributed by atoms with E-state index in [4.69, 9.17) is 0 Å². The van der Waals surface area contributed by atoms with Crippen molar-refractivity contribution in [3.8, 4) is 0 Å².